The molecule has 0 saturated carbocycles. The Balaban J connectivity index is 2.13. The van der Waals surface area contributed by atoms with Crippen molar-refractivity contribution in [2.75, 3.05) is 0 Å². The Morgan fingerprint density at radius 1 is 1.53 bits per heavy atom. The first-order valence-electron chi connectivity index (χ1n) is 5.90. The zero-order valence-corrected chi connectivity index (χ0v) is 11.0. The van der Waals surface area contributed by atoms with Crippen molar-refractivity contribution >= 4 is 5.91 Å². The second kappa shape index (κ2) is 5.17. The van der Waals surface area contributed by atoms with E-state index in [9.17, 15) is 9.18 Å². The third kappa shape index (κ3) is 2.78. The summed E-state index contributed by atoms with van der Waals surface area (Å²) in [4.78, 5) is 15.4. The lowest BCUT2D eigenvalue weighted by Gasteiger charge is -2.13. The van der Waals surface area contributed by atoms with E-state index in [1.807, 2.05) is 20.9 Å². The van der Waals surface area contributed by atoms with E-state index in [2.05, 4.69) is 15.4 Å². The average Bonchev–Trinajstić information content (AvgIpc) is 2.70. The Morgan fingerprint density at radius 3 is 2.84 bits per heavy atom. The van der Waals surface area contributed by atoms with Crippen LogP contribution in [-0.4, -0.2) is 20.7 Å². The lowest BCUT2D eigenvalue weighted by atomic mass is 10.1. The van der Waals surface area contributed by atoms with Crippen LogP contribution in [0.2, 0.25) is 0 Å². The Hall–Kier alpha value is -2.24. The molecular formula is C13H15FN4O. The van der Waals surface area contributed by atoms with Crippen molar-refractivity contribution in [3.8, 4) is 0 Å². The molecule has 1 unspecified atom stereocenters. The molecule has 5 nitrogen and oxygen atoms in total. The second-order valence-electron chi connectivity index (χ2n) is 4.37. The second-order valence-corrected chi connectivity index (χ2v) is 4.37. The van der Waals surface area contributed by atoms with Gasteiger partial charge in [0.05, 0.1) is 12.2 Å². The summed E-state index contributed by atoms with van der Waals surface area (Å²) < 4.78 is 14.7. The maximum atomic E-state index is 13.0. The minimum Gasteiger partial charge on any atom is -0.345 e. The van der Waals surface area contributed by atoms with Gasteiger partial charge in [-0.05, 0) is 19.9 Å². The van der Waals surface area contributed by atoms with Crippen LogP contribution in [0.15, 0.2) is 24.5 Å². The van der Waals surface area contributed by atoms with E-state index in [1.165, 1.54) is 12.3 Å². The summed E-state index contributed by atoms with van der Waals surface area (Å²) in [5, 5.41) is 6.93. The molecule has 2 aromatic heterocycles. The maximum Gasteiger partial charge on any atom is 0.251 e. The van der Waals surface area contributed by atoms with Gasteiger partial charge in [-0.3, -0.25) is 9.48 Å². The van der Waals surface area contributed by atoms with Crippen LogP contribution in [0.25, 0.3) is 0 Å². The van der Waals surface area contributed by atoms with E-state index >= 15 is 0 Å². The number of nitrogens with one attached hydrogen (secondary N) is 1. The molecule has 0 saturated heterocycles. The SMILES string of the molecule is Cc1c(C(C)NC(=O)c2ccnc(F)c2)cnn1C. The molecule has 2 rings (SSSR count). The van der Waals surface area contributed by atoms with Crippen molar-refractivity contribution < 1.29 is 9.18 Å². The predicted molar refractivity (Wildman–Crippen MR) is 68.0 cm³/mol. The molecule has 1 amide bonds. The number of carbonyl (C=O) groups is 1. The number of hydrogen-bond donors (Lipinski definition) is 1. The van der Waals surface area contributed by atoms with Gasteiger partial charge < -0.3 is 5.32 Å². The fourth-order valence-electron chi connectivity index (χ4n) is 1.84. The lowest BCUT2D eigenvalue weighted by Crippen LogP contribution is -2.27. The van der Waals surface area contributed by atoms with Gasteiger partial charge in [0.25, 0.3) is 5.91 Å². The Kier molecular flexibility index (Phi) is 3.59. The number of rotatable bonds is 3. The first kappa shape index (κ1) is 13.2. The van der Waals surface area contributed by atoms with Gasteiger partial charge >= 0.3 is 0 Å². The van der Waals surface area contributed by atoms with Crippen LogP contribution >= 0.6 is 0 Å². The van der Waals surface area contributed by atoms with Crippen molar-refractivity contribution in [1.82, 2.24) is 20.1 Å². The third-order valence-corrected chi connectivity index (χ3v) is 3.08. The van der Waals surface area contributed by atoms with E-state index in [1.54, 1.807) is 10.9 Å². The van der Waals surface area contributed by atoms with Gasteiger partial charge in [-0.15, -0.1) is 0 Å². The molecule has 0 fully saturated rings. The van der Waals surface area contributed by atoms with Gasteiger partial charge in [-0.25, -0.2) is 4.98 Å². The highest BCUT2D eigenvalue weighted by atomic mass is 19.1. The fraction of sp³-hybridized carbons (Fsp3) is 0.308. The summed E-state index contributed by atoms with van der Waals surface area (Å²) in [5.41, 5.74) is 2.17. The van der Waals surface area contributed by atoms with Gasteiger partial charge in [-0.2, -0.15) is 9.49 Å². The first-order valence-corrected chi connectivity index (χ1v) is 5.90. The molecule has 1 atom stereocenters. The number of aromatic nitrogens is 3. The molecule has 0 aliphatic heterocycles. The minimum absolute atomic E-state index is 0.197. The van der Waals surface area contributed by atoms with Crippen molar-refractivity contribution in [3.05, 3.63) is 47.3 Å². The summed E-state index contributed by atoms with van der Waals surface area (Å²) >= 11 is 0. The summed E-state index contributed by atoms with van der Waals surface area (Å²) in [6, 6.07) is 2.39. The normalized spacial score (nSPS) is 12.2. The first-order chi connectivity index (χ1) is 8.99. The van der Waals surface area contributed by atoms with Gasteiger partial charge in [0.15, 0.2) is 0 Å². The van der Waals surface area contributed by atoms with Gasteiger partial charge in [0.2, 0.25) is 5.95 Å². The molecule has 0 aliphatic rings. The molecule has 0 bridgehead atoms. The topological polar surface area (TPSA) is 59.8 Å². The van der Waals surface area contributed by atoms with Crippen LogP contribution in [-0.2, 0) is 7.05 Å². The molecule has 0 aliphatic carbocycles. The molecule has 2 aromatic rings. The van der Waals surface area contributed by atoms with E-state index < -0.39 is 5.95 Å². The highest BCUT2D eigenvalue weighted by Gasteiger charge is 2.15. The van der Waals surface area contributed by atoms with Crippen LogP contribution < -0.4 is 5.32 Å². The van der Waals surface area contributed by atoms with E-state index in [4.69, 9.17) is 0 Å². The van der Waals surface area contributed by atoms with Crippen LogP contribution in [0.1, 0.15) is 34.6 Å². The highest BCUT2D eigenvalue weighted by molar-refractivity contribution is 5.94. The van der Waals surface area contributed by atoms with Gasteiger partial charge in [-0.1, -0.05) is 0 Å². The Bertz CT molecular complexity index is 608. The molecule has 6 heteroatoms. The fourth-order valence-corrected chi connectivity index (χ4v) is 1.84. The van der Waals surface area contributed by atoms with Crippen LogP contribution in [0.4, 0.5) is 4.39 Å². The highest BCUT2D eigenvalue weighted by Crippen LogP contribution is 2.16. The number of halogens is 1. The minimum atomic E-state index is -0.669. The standard InChI is InChI=1S/C13H15FN4O/c1-8(11-7-16-18(3)9(11)2)17-13(19)10-4-5-15-12(14)6-10/h4-8H,1-3H3,(H,17,19). The number of nitrogens with zero attached hydrogens (tertiary/aromatic N) is 3. The quantitative estimate of drug-likeness (QED) is 0.857. The molecule has 19 heavy (non-hydrogen) atoms. The molecule has 0 radical (unpaired) electrons. The smallest absolute Gasteiger partial charge is 0.251 e. The lowest BCUT2D eigenvalue weighted by molar-refractivity contribution is 0.0939. The molecule has 2 heterocycles. The summed E-state index contributed by atoms with van der Waals surface area (Å²) in [6.07, 6.45) is 2.98. The number of amides is 1. The van der Waals surface area contributed by atoms with E-state index in [0.717, 1.165) is 17.3 Å². The Labute approximate surface area is 110 Å². The van der Waals surface area contributed by atoms with E-state index in [-0.39, 0.29) is 17.5 Å². The van der Waals surface area contributed by atoms with Crippen molar-refractivity contribution in [1.29, 1.82) is 0 Å². The van der Waals surface area contributed by atoms with Gasteiger partial charge in [0.1, 0.15) is 0 Å². The molecule has 0 aromatic carbocycles. The summed E-state index contributed by atoms with van der Waals surface area (Å²) in [6.45, 7) is 3.79. The zero-order valence-electron chi connectivity index (χ0n) is 11.0. The predicted octanol–water partition coefficient (Wildman–Crippen LogP) is 1.75. The largest absolute Gasteiger partial charge is 0.345 e. The zero-order chi connectivity index (χ0) is 14.0. The van der Waals surface area contributed by atoms with Gasteiger partial charge in [0, 0.05) is 36.1 Å². The monoisotopic (exact) mass is 262 g/mol. The third-order valence-electron chi connectivity index (χ3n) is 3.08. The molecule has 100 valence electrons. The van der Waals surface area contributed by atoms with Crippen LogP contribution in [0.5, 0.6) is 0 Å². The number of hydrogen-bond acceptors (Lipinski definition) is 3. The average molecular weight is 262 g/mol. The number of carbonyl (C=O) groups excluding carboxylic acids is 1. The van der Waals surface area contributed by atoms with E-state index in [0.29, 0.717) is 0 Å². The van der Waals surface area contributed by atoms with Crippen LogP contribution in [0.3, 0.4) is 0 Å². The molecular weight excluding hydrogens is 247 g/mol. The maximum absolute atomic E-state index is 13.0. The number of aryl methyl sites for hydroxylation is 1. The summed E-state index contributed by atoms with van der Waals surface area (Å²) in [5.74, 6) is -1.00. The molecule has 0 spiro atoms. The van der Waals surface area contributed by atoms with Crippen LogP contribution in [0, 0.1) is 12.9 Å². The summed E-state index contributed by atoms with van der Waals surface area (Å²) in [7, 11) is 1.84. The van der Waals surface area contributed by atoms with Crippen molar-refractivity contribution in [2.45, 2.75) is 19.9 Å². The van der Waals surface area contributed by atoms with Crippen molar-refractivity contribution in [3.63, 3.8) is 0 Å². The Morgan fingerprint density at radius 2 is 2.26 bits per heavy atom. The van der Waals surface area contributed by atoms with Crippen molar-refractivity contribution in [2.24, 2.45) is 7.05 Å². The number of pyridine rings is 1. The molecule has 1 N–H and O–H groups in total.